The van der Waals surface area contributed by atoms with Gasteiger partial charge in [0.05, 0.1) is 33.9 Å². The third-order valence-corrected chi connectivity index (χ3v) is 9.06. The van der Waals surface area contributed by atoms with E-state index in [1.54, 1.807) is 60.7 Å². The van der Waals surface area contributed by atoms with Crippen molar-refractivity contribution < 1.29 is 36.5 Å². The molecule has 0 fully saturated rings. The molecule has 8 aromatic rings. The Hall–Kier alpha value is -7.60. The lowest BCUT2D eigenvalue weighted by molar-refractivity contribution is 0.423. The Morgan fingerprint density at radius 2 is 0.712 bits per heavy atom. The molecule has 4 aromatic heterocycles. The van der Waals surface area contributed by atoms with E-state index in [1.807, 2.05) is 38.1 Å². The number of benzene rings is 4. The van der Waals surface area contributed by atoms with Crippen LogP contribution in [-0.2, 0) is 5.41 Å². The SMILES string of the molecule is CC(C)(c1cccc(-c2ccc(Oc3cccc(F)c3)nc2Oc2cccc(F)c2)n1)c1cccc(-c2ccc(Oc3cccc(F)c3)nc2Oc2cccc(F)c2)n1. The van der Waals surface area contributed by atoms with Gasteiger partial charge >= 0.3 is 0 Å². The molecule has 0 N–H and O–H groups in total. The van der Waals surface area contributed by atoms with Crippen molar-refractivity contribution in [3.05, 3.63) is 192 Å². The van der Waals surface area contributed by atoms with E-state index in [9.17, 15) is 17.6 Å². The summed E-state index contributed by atoms with van der Waals surface area (Å²) < 4.78 is 80.1. The van der Waals surface area contributed by atoms with Gasteiger partial charge in [0, 0.05) is 41.8 Å². The summed E-state index contributed by atoms with van der Waals surface area (Å²) in [6.45, 7) is 3.95. The van der Waals surface area contributed by atoms with Crippen LogP contribution in [0.25, 0.3) is 22.5 Å². The van der Waals surface area contributed by atoms with Crippen LogP contribution < -0.4 is 18.9 Å². The van der Waals surface area contributed by atoms with Crippen LogP contribution in [-0.4, -0.2) is 19.9 Å². The fourth-order valence-corrected chi connectivity index (χ4v) is 6.09. The standard InChI is InChI=1S/C47H32F4N4O4/c1-47(2,41-19-7-17-39(52-41)37-21-23-43(56-33-13-3-9-29(48)25-33)54-45(37)58-35-15-5-11-31(50)27-35)42-20-8-18-40(53-42)38-22-24-44(57-34-14-4-10-30(49)26-34)55-46(38)59-36-16-6-12-32(51)28-36/h3-28H,1-2H3. The third kappa shape index (κ3) is 9.02. The first-order chi connectivity index (χ1) is 28.6. The molecule has 0 aliphatic carbocycles. The van der Waals surface area contributed by atoms with Gasteiger partial charge in [0.2, 0.25) is 23.5 Å². The Bertz CT molecular complexity index is 2610. The smallest absolute Gasteiger partial charge is 0.231 e. The molecule has 0 bridgehead atoms. The summed E-state index contributed by atoms with van der Waals surface area (Å²) in [4.78, 5) is 19.2. The minimum Gasteiger partial charge on any atom is -0.439 e. The Labute approximate surface area is 336 Å². The van der Waals surface area contributed by atoms with Crippen LogP contribution in [0, 0.1) is 23.3 Å². The number of pyridine rings is 4. The first-order valence-electron chi connectivity index (χ1n) is 18.3. The van der Waals surface area contributed by atoms with Crippen LogP contribution in [0.1, 0.15) is 25.2 Å². The van der Waals surface area contributed by atoms with Crippen molar-refractivity contribution in [2.45, 2.75) is 19.3 Å². The van der Waals surface area contributed by atoms with Crippen molar-refractivity contribution in [1.29, 1.82) is 0 Å². The van der Waals surface area contributed by atoms with Crippen LogP contribution in [0.3, 0.4) is 0 Å². The maximum atomic E-state index is 14.2. The molecule has 4 aromatic carbocycles. The highest BCUT2D eigenvalue weighted by Gasteiger charge is 2.28. The summed E-state index contributed by atoms with van der Waals surface area (Å²) in [6.07, 6.45) is 0. The van der Waals surface area contributed by atoms with Crippen molar-refractivity contribution in [3.63, 3.8) is 0 Å². The van der Waals surface area contributed by atoms with Crippen molar-refractivity contribution in [3.8, 4) is 69.0 Å². The van der Waals surface area contributed by atoms with Crippen molar-refractivity contribution in [1.82, 2.24) is 19.9 Å². The quantitative estimate of drug-likeness (QED) is 0.113. The summed E-state index contributed by atoms with van der Waals surface area (Å²) in [5.74, 6) is -0.688. The molecule has 0 spiro atoms. The Morgan fingerprint density at radius 3 is 1.07 bits per heavy atom. The van der Waals surface area contributed by atoms with E-state index in [-0.39, 0.29) is 46.5 Å². The van der Waals surface area contributed by atoms with Crippen LogP contribution in [0.15, 0.2) is 158 Å². The van der Waals surface area contributed by atoms with Gasteiger partial charge in [0.25, 0.3) is 0 Å². The van der Waals surface area contributed by atoms with Gasteiger partial charge in [-0.25, -0.2) is 17.6 Å². The normalized spacial score (nSPS) is 11.2. The zero-order valence-corrected chi connectivity index (χ0v) is 31.4. The highest BCUT2D eigenvalue weighted by Crippen LogP contribution is 2.39. The van der Waals surface area contributed by atoms with E-state index in [0.717, 1.165) is 0 Å². The molecule has 4 heterocycles. The molecule has 0 saturated heterocycles. The molecule has 292 valence electrons. The number of aromatic nitrogens is 4. The highest BCUT2D eigenvalue weighted by atomic mass is 19.1. The summed E-state index contributed by atoms with van der Waals surface area (Å²) >= 11 is 0. The Balaban J connectivity index is 1.14. The fraction of sp³-hybridized carbons (Fsp3) is 0.0638. The van der Waals surface area contributed by atoms with Crippen LogP contribution >= 0.6 is 0 Å². The second kappa shape index (κ2) is 16.5. The van der Waals surface area contributed by atoms with E-state index in [2.05, 4.69) is 9.97 Å². The van der Waals surface area contributed by atoms with E-state index in [4.69, 9.17) is 28.9 Å². The topological polar surface area (TPSA) is 88.5 Å². The van der Waals surface area contributed by atoms with Gasteiger partial charge in [-0.3, -0.25) is 9.97 Å². The lowest BCUT2D eigenvalue weighted by Gasteiger charge is -2.25. The van der Waals surface area contributed by atoms with Crippen LogP contribution in [0.2, 0.25) is 0 Å². The predicted octanol–water partition coefficient (Wildman–Crippen LogP) is 12.7. The predicted molar refractivity (Wildman–Crippen MR) is 213 cm³/mol. The molecule has 0 aliphatic heterocycles. The largest absolute Gasteiger partial charge is 0.439 e. The number of halogens is 4. The van der Waals surface area contributed by atoms with Gasteiger partial charge in [-0.15, -0.1) is 0 Å². The van der Waals surface area contributed by atoms with Crippen molar-refractivity contribution in [2.75, 3.05) is 0 Å². The average Bonchev–Trinajstić information content (AvgIpc) is 3.21. The minimum absolute atomic E-state index is 0.0789. The summed E-state index contributed by atoms with van der Waals surface area (Å²) in [5.41, 5.74) is 2.44. The van der Waals surface area contributed by atoms with Gasteiger partial charge < -0.3 is 18.9 Å². The van der Waals surface area contributed by atoms with Crippen LogP contribution in [0.4, 0.5) is 17.6 Å². The molecule has 0 unspecified atom stereocenters. The summed E-state index contributed by atoms with van der Waals surface area (Å²) in [5, 5.41) is 0. The Morgan fingerprint density at radius 1 is 0.373 bits per heavy atom. The first kappa shape index (κ1) is 38.3. The lowest BCUT2D eigenvalue weighted by atomic mass is 9.84. The second-order valence-corrected chi connectivity index (χ2v) is 13.7. The number of hydrogen-bond acceptors (Lipinski definition) is 8. The Kier molecular flexibility index (Phi) is 10.7. The molecule has 0 saturated carbocycles. The van der Waals surface area contributed by atoms with Gasteiger partial charge in [-0.05, 0) is 98.8 Å². The molecule has 0 radical (unpaired) electrons. The maximum absolute atomic E-state index is 14.2. The van der Waals surface area contributed by atoms with E-state index in [0.29, 0.717) is 33.9 Å². The minimum atomic E-state index is -0.791. The number of hydrogen-bond donors (Lipinski definition) is 0. The molecule has 0 aliphatic rings. The lowest BCUT2D eigenvalue weighted by Crippen LogP contribution is -2.22. The van der Waals surface area contributed by atoms with E-state index >= 15 is 0 Å². The molecule has 0 amide bonds. The molecule has 0 atom stereocenters. The highest BCUT2D eigenvalue weighted by molar-refractivity contribution is 5.68. The maximum Gasteiger partial charge on any atom is 0.231 e. The first-order valence-corrected chi connectivity index (χ1v) is 18.3. The van der Waals surface area contributed by atoms with Crippen molar-refractivity contribution in [2.24, 2.45) is 0 Å². The summed E-state index contributed by atoms with van der Waals surface area (Å²) in [7, 11) is 0. The molecule has 59 heavy (non-hydrogen) atoms. The molecule has 12 heteroatoms. The monoisotopic (exact) mass is 792 g/mol. The average molecular weight is 793 g/mol. The molecular formula is C47H32F4N4O4. The molecule has 8 nitrogen and oxygen atoms in total. The zero-order valence-electron chi connectivity index (χ0n) is 31.4. The summed E-state index contributed by atoms with van der Waals surface area (Å²) in [6, 6.07) is 40.2. The molecular weight excluding hydrogens is 761 g/mol. The second-order valence-electron chi connectivity index (χ2n) is 13.7. The fourth-order valence-electron chi connectivity index (χ4n) is 6.09. The van der Waals surface area contributed by atoms with Crippen molar-refractivity contribution >= 4 is 0 Å². The third-order valence-electron chi connectivity index (χ3n) is 9.06. The van der Waals surface area contributed by atoms with Crippen LogP contribution in [0.5, 0.6) is 46.5 Å². The van der Waals surface area contributed by atoms with E-state index < -0.39 is 28.7 Å². The van der Waals surface area contributed by atoms with Gasteiger partial charge in [0.1, 0.15) is 46.3 Å². The van der Waals surface area contributed by atoms with Gasteiger partial charge in [0.15, 0.2) is 0 Å². The number of nitrogens with zero attached hydrogens (tertiary/aromatic N) is 4. The zero-order chi connectivity index (χ0) is 40.9. The molecule has 8 rings (SSSR count). The van der Waals surface area contributed by atoms with Gasteiger partial charge in [-0.1, -0.05) is 36.4 Å². The number of ether oxygens (including phenoxy) is 4. The van der Waals surface area contributed by atoms with Gasteiger partial charge in [-0.2, -0.15) is 9.97 Å². The van der Waals surface area contributed by atoms with E-state index in [1.165, 1.54) is 72.8 Å². The number of rotatable bonds is 12.